The minimum atomic E-state index is -0.406. The summed E-state index contributed by atoms with van der Waals surface area (Å²) in [5, 5.41) is 0. The lowest BCUT2D eigenvalue weighted by atomic mass is 10.1. The molecule has 4 heteroatoms. The van der Waals surface area contributed by atoms with E-state index in [4.69, 9.17) is 4.42 Å². The molecule has 3 aromatic rings. The van der Waals surface area contributed by atoms with Crippen LogP contribution in [0.25, 0.3) is 22.7 Å². The average Bonchev–Trinajstić information content (AvgIpc) is 2.48. The fourth-order valence-corrected chi connectivity index (χ4v) is 2.14. The summed E-state index contributed by atoms with van der Waals surface area (Å²) in [6.07, 6.45) is 0. The quantitative estimate of drug-likeness (QED) is 0.710. The molecular formula is C16H10BrNO2. The molecule has 98 valence electrons. The Morgan fingerprint density at radius 2 is 1.60 bits per heavy atom. The monoisotopic (exact) mass is 327 g/mol. The molecular weight excluding hydrogens is 318 g/mol. The highest BCUT2D eigenvalue weighted by Gasteiger charge is 2.08. The van der Waals surface area contributed by atoms with Crippen LogP contribution in [0.4, 0.5) is 0 Å². The number of hydrogen-bond acceptors (Lipinski definition) is 3. The van der Waals surface area contributed by atoms with Gasteiger partial charge in [-0.1, -0.05) is 46.3 Å². The Morgan fingerprint density at radius 3 is 2.30 bits per heavy atom. The zero-order chi connectivity index (χ0) is 13.9. The molecule has 0 saturated carbocycles. The summed E-state index contributed by atoms with van der Waals surface area (Å²) in [4.78, 5) is 16.1. The van der Waals surface area contributed by atoms with Crippen molar-refractivity contribution in [3.63, 3.8) is 0 Å². The van der Waals surface area contributed by atoms with Gasteiger partial charge in [-0.2, -0.15) is 0 Å². The molecule has 0 fully saturated rings. The van der Waals surface area contributed by atoms with Crippen LogP contribution >= 0.6 is 15.9 Å². The Balaban J connectivity index is 2.12. The largest absolute Gasteiger partial charge is 0.404 e. The second kappa shape index (κ2) is 5.43. The summed E-state index contributed by atoms with van der Waals surface area (Å²) in [7, 11) is 0. The molecule has 0 radical (unpaired) electrons. The second-order valence-electron chi connectivity index (χ2n) is 4.24. The SMILES string of the molecule is O=c1cc(-c2ccccc2)nc(-c2ccc(Br)cc2)o1. The first-order valence-corrected chi connectivity index (χ1v) is 6.85. The van der Waals surface area contributed by atoms with Crippen molar-refractivity contribution in [1.29, 1.82) is 0 Å². The standard InChI is InChI=1S/C16H10BrNO2/c17-13-8-6-12(7-9-13)16-18-14(10-15(19)20-16)11-4-2-1-3-5-11/h1-10H. The molecule has 0 bridgehead atoms. The van der Waals surface area contributed by atoms with E-state index >= 15 is 0 Å². The first kappa shape index (κ1) is 12.8. The van der Waals surface area contributed by atoms with Crippen LogP contribution in [0.2, 0.25) is 0 Å². The maximum Gasteiger partial charge on any atom is 0.339 e. The normalized spacial score (nSPS) is 10.4. The van der Waals surface area contributed by atoms with Gasteiger partial charge < -0.3 is 4.42 Å². The van der Waals surface area contributed by atoms with E-state index in [9.17, 15) is 4.79 Å². The molecule has 0 unspecified atom stereocenters. The van der Waals surface area contributed by atoms with Gasteiger partial charge in [-0.3, -0.25) is 0 Å². The molecule has 0 saturated heterocycles. The van der Waals surface area contributed by atoms with E-state index in [2.05, 4.69) is 20.9 Å². The predicted molar refractivity (Wildman–Crippen MR) is 81.3 cm³/mol. The van der Waals surface area contributed by atoms with E-state index in [0.717, 1.165) is 15.6 Å². The van der Waals surface area contributed by atoms with Crippen molar-refractivity contribution in [2.24, 2.45) is 0 Å². The Morgan fingerprint density at radius 1 is 0.900 bits per heavy atom. The fourth-order valence-electron chi connectivity index (χ4n) is 1.87. The van der Waals surface area contributed by atoms with Gasteiger partial charge in [0.15, 0.2) is 0 Å². The number of halogens is 1. The van der Waals surface area contributed by atoms with Gasteiger partial charge in [0.05, 0.1) is 11.8 Å². The zero-order valence-corrected chi connectivity index (χ0v) is 12.0. The van der Waals surface area contributed by atoms with Crippen molar-refractivity contribution in [1.82, 2.24) is 4.98 Å². The van der Waals surface area contributed by atoms with Crippen molar-refractivity contribution < 1.29 is 4.42 Å². The van der Waals surface area contributed by atoms with Crippen LogP contribution in [-0.4, -0.2) is 4.98 Å². The first-order chi connectivity index (χ1) is 9.72. The summed E-state index contributed by atoms with van der Waals surface area (Å²) >= 11 is 3.37. The summed E-state index contributed by atoms with van der Waals surface area (Å²) < 4.78 is 6.14. The van der Waals surface area contributed by atoms with Gasteiger partial charge >= 0.3 is 5.63 Å². The molecule has 20 heavy (non-hydrogen) atoms. The molecule has 0 aliphatic heterocycles. The van der Waals surface area contributed by atoms with E-state index in [1.54, 1.807) is 0 Å². The van der Waals surface area contributed by atoms with Crippen molar-refractivity contribution >= 4 is 15.9 Å². The molecule has 3 nitrogen and oxygen atoms in total. The van der Waals surface area contributed by atoms with Gasteiger partial charge in [0.1, 0.15) is 0 Å². The molecule has 0 aliphatic carbocycles. The maximum atomic E-state index is 11.7. The highest BCUT2D eigenvalue weighted by Crippen LogP contribution is 2.22. The molecule has 3 rings (SSSR count). The topological polar surface area (TPSA) is 43.1 Å². The van der Waals surface area contributed by atoms with Gasteiger partial charge in [0.25, 0.3) is 0 Å². The first-order valence-electron chi connectivity index (χ1n) is 6.06. The Labute approximate surface area is 124 Å². The van der Waals surface area contributed by atoms with E-state index in [-0.39, 0.29) is 0 Å². The molecule has 2 aromatic carbocycles. The highest BCUT2D eigenvalue weighted by atomic mass is 79.9. The summed E-state index contributed by atoms with van der Waals surface area (Å²) in [5.41, 5.74) is 1.86. The Bertz CT molecular complexity index is 780. The van der Waals surface area contributed by atoms with Crippen molar-refractivity contribution in [2.45, 2.75) is 0 Å². The van der Waals surface area contributed by atoms with E-state index in [0.29, 0.717) is 11.6 Å². The molecule has 0 amide bonds. The third kappa shape index (κ3) is 2.70. The van der Waals surface area contributed by atoms with E-state index in [1.165, 1.54) is 6.07 Å². The van der Waals surface area contributed by atoms with Gasteiger partial charge in [0, 0.05) is 15.6 Å². The third-order valence-corrected chi connectivity index (χ3v) is 3.36. The molecule has 1 aromatic heterocycles. The minimum Gasteiger partial charge on any atom is -0.404 e. The molecule has 0 N–H and O–H groups in total. The van der Waals surface area contributed by atoms with E-state index in [1.807, 2.05) is 54.6 Å². The lowest BCUT2D eigenvalue weighted by molar-refractivity contribution is 0.508. The van der Waals surface area contributed by atoms with Crippen molar-refractivity contribution in [2.75, 3.05) is 0 Å². The predicted octanol–water partition coefficient (Wildman–Crippen LogP) is 4.13. The van der Waals surface area contributed by atoms with Crippen molar-refractivity contribution in [3.8, 4) is 22.7 Å². The number of rotatable bonds is 2. The van der Waals surface area contributed by atoms with Crippen LogP contribution in [0.5, 0.6) is 0 Å². The number of nitrogens with zero attached hydrogens (tertiary/aromatic N) is 1. The smallest absolute Gasteiger partial charge is 0.339 e. The molecule has 1 heterocycles. The summed E-state index contributed by atoms with van der Waals surface area (Å²) in [6.45, 7) is 0. The van der Waals surface area contributed by atoms with Gasteiger partial charge in [-0.15, -0.1) is 0 Å². The summed E-state index contributed by atoms with van der Waals surface area (Å²) in [5.74, 6) is 0.323. The molecule has 0 atom stereocenters. The maximum absolute atomic E-state index is 11.7. The van der Waals surface area contributed by atoms with Crippen molar-refractivity contribution in [3.05, 3.63) is 75.6 Å². The van der Waals surface area contributed by atoms with Gasteiger partial charge in [-0.05, 0) is 24.3 Å². The van der Waals surface area contributed by atoms with Crippen LogP contribution in [0.3, 0.4) is 0 Å². The van der Waals surface area contributed by atoms with E-state index < -0.39 is 5.63 Å². The van der Waals surface area contributed by atoms with Crippen LogP contribution in [0.15, 0.2) is 74.3 Å². The number of aromatic nitrogens is 1. The number of benzene rings is 2. The van der Waals surface area contributed by atoms with Gasteiger partial charge in [-0.25, -0.2) is 9.78 Å². The lowest BCUT2D eigenvalue weighted by Gasteiger charge is -2.03. The lowest BCUT2D eigenvalue weighted by Crippen LogP contribution is -2.01. The van der Waals surface area contributed by atoms with Crippen LogP contribution in [-0.2, 0) is 0 Å². The van der Waals surface area contributed by atoms with Crippen LogP contribution in [0.1, 0.15) is 0 Å². The Hall–Kier alpha value is -2.20. The zero-order valence-electron chi connectivity index (χ0n) is 10.4. The number of hydrogen-bond donors (Lipinski definition) is 0. The average molecular weight is 328 g/mol. The Kier molecular flexibility index (Phi) is 3.48. The molecule has 0 spiro atoms. The van der Waals surface area contributed by atoms with Gasteiger partial charge in [0.2, 0.25) is 5.89 Å². The highest BCUT2D eigenvalue weighted by molar-refractivity contribution is 9.10. The minimum absolute atomic E-state index is 0.323. The fraction of sp³-hybridized carbons (Fsp3) is 0. The summed E-state index contributed by atoms with van der Waals surface area (Å²) in [6, 6.07) is 18.4. The van der Waals surface area contributed by atoms with Crippen LogP contribution < -0.4 is 5.63 Å². The third-order valence-electron chi connectivity index (χ3n) is 2.83. The van der Waals surface area contributed by atoms with Crippen LogP contribution in [0, 0.1) is 0 Å². The second-order valence-corrected chi connectivity index (χ2v) is 5.16. The molecule has 0 aliphatic rings.